The molecular weight excluding hydrogens is 469 g/mol. The second-order valence-electron chi connectivity index (χ2n) is 7.96. The number of halogens is 3. The SMILES string of the molecule is [B]C1(O)CNC(Cn2cc(-c3cnc(N)c(OC(C)c4c(Cl)ccc(F)c4Cl)c3)cn2)CN1. The summed E-state index contributed by atoms with van der Waals surface area (Å²) < 4.78 is 21.6. The molecule has 3 aromatic rings. The zero-order chi connectivity index (χ0) is 23.8. The Morgan fingerprint density at radius 1 is 1.39 bits per heavy atom. The molecule has 2 aromatic heterocycles. The number of β-amino-alcohol motifs (C(OH)–C–C–N with tert-alkyl or cyclic N) is 1. The number of nitrogens with one attached hydrogen (secondary N) is 2. The average Bonchev–Trinajstić information content (AvgIpc) is 3.23. The van der Waals surface area contributed by atoms with Crippen LogP contribution >= 0.6 is 23.2 Å². The number of benzene rings is 1. The molecule has 1 aliphatic rings. The van der Waals surface area contributed by atoms with Crippen LogP contribution in [0.5, 0.6) is 5.75 Å². The zero-order valence-corrected chi connectivity index (χ0v) is 19.2. The molecule has 0 saturated carbocycles. The van der Waals surface area contributed by atoms with Gasteiger partial charge in [-0.2, -0.15) is 5.10 Å². The van der Waals surface area contributed by atoms with Crippen LogP contribution in [-0.2, 0) is 6.54 Å². The summed E-state index contributed by atoms with van der Waals surface area (Å²) in [6.45, 7) is 2.99. The van der Waals surface area contributed by atoms with Crippen molar-refractivity contribution in [2.45, 2.75) is 31.2 Å². The van der Waals surface area contributed by atoms with E-state index in [2.05, 4.69) is 20.7 Å². The van der Waals surface area contributed by atoms with Gasteiger partial charge in [-0.1, -0.05) is 23.2 Å². The fourth-order valence-electron chi connectivity index (χ4n) is 3.57. The number of aliphatic hydroxyl groups is 1. The Balaban J connectivity index is 1.50. The van der Waals surface area contributed by atoms with E-state index in [1.54, 1.807) is 30.1 Å². The fourth-order valence-corrected chi connectivity index (χ4v) is 4.25. The molecule has 4 rings (SSSR count). The monoisotopic (exact) mass is 490 g/mol. The molecule has 2 radical (unpaired) electrons. The molecule has 1 aliphatic heterocycles. The molecule has 5 N–H and O–H groups in total. The van der Waals surface area contributed by atoms with Gasteiger partial charge in [0.25, 0.3) is 0 Å². The van der Waals surface area contributed by atoms with Gasteiger partial charge in [-0.25, -0.2) is 9.37 Å². The molecule has 3 atom stereocenters. The van der Waals surface area contributed by atoms with Crippen molar-refractivity contribution >= 4 is 36.9 Å². The third-order valence-corrected chi connectivity index (χ3v) is 6.07. The van der Waals surface area contributed by atoms with E-state index in [4.69, 9.17) is 41.5 Å². The number of anilines is 1. The Labute approximate surface area is 201 Å². The summed E-state index contributed by atoms with van der Waals surface area (Å²) in [5.41, 5.74) is 6.47. The van der Waals surface area contributed by atoms with Crippen molar-refractivity contribution in [2.75, 3.05) is 18.8 Å². The van der Waals surface area contributed by atoms with Crippen LogP contribution in [0.3, 0.4) is 0 Å². The summed E-state index contributed by atoms with van der Waals surface area (Å²) in [6.07, 6.45) is 4.52. The molecule has 172 valence electrons. The number of aromatic nitrogens is 3. The topological polar surface area (TPSA) is 110 Å². The van der Waals surface area contributed by atoms with Gasteiger partial charge in [-0.3, -0.25) is 10.00 Å². The van der Waals surface area contributed by atoms with Gasteiger partial charge in [0, 0.05) is 53.2 Å². The molecule has 1 saturated heterocycles. The molecule has 1 fully saturated rings. The van der Waals surface area contributed by atoms with Crippen LogP contribution in [0.2, 0.25) is 10.0 Å². The third-order valence-electron chi connectivity index (χ3n) is 5.36. The van der Waals surface area contributed by atoms with Crippen LogP contribution in [0.15, 0.2) is 36.8 Å². The minimum atomic E-state index is -1.41. The van der Waals surface area contributed by atoms with E-state index in [0.29, 0.717) is 24.4 Å². The van der Waals surface area contributed by atoms with Crippen molar-refractivity contribution in [3.05, 3.63) is 58.2 Å². The van der Waals surface area contributed by atoms with Crippen LogP contribution < -0.4 is 21.1 Å². The Hall–Kier alpha value is -2.37. The maximum Gasteiger partial charge on any atom is 0.166 e. The number of piperazine rings is 1. The van der Waals surface area contributed by atoms with Crippen molar-refractivity contribution in [3.63, 3.8) is 0 Å². The van der Waals surface area contributed by atoms with Gasteiger partial charge < -0.3 is 20.9 Å². The summed E-state index contributed by atoms with van der Waals surface area (Å²) in [4.78, 5) is 4.22. The first-order chi connectivity index (χ1) is 15.6. The number of hydrogen-bond acceptors (Lipinski definition) is 7. The Bertz CT molecular complexity index is 1150. The molecular formula is C21H22BCl2FN6O2. The lowest BCUT2D eigenvalue weighted by Crippen LogP contribution is -2.64. The molecule has 0 amide bonds. The lowest BCUT2D eigenvalue weighted by molar-refractivity contribution is 0.0598. The molecule has 0 aliphatic carbocycles. The number of nitrogens with zero attached hydrogens (tertiary/aromatic N) is 3. The first kappa shape index (κ1) is 23.8. The van der Waals surface area contributed by atoms with Gasteiger partial charge in [0.05, 0.1) is 23.4 Å². The highest BCUT2D eigenvalue weighted by Crippen LogP contribution is 2.36. The third kappa shape index (κ3) is 5.42. The summed E-state index contributed by atoms with van der Waals surface area (Å²) in [7, 11) is 5.63. The lowest BCUT2D eigenvalue weighted by atomic mass is 9.88. The van der Waals surface area contributed by atoms with Gasteiger partial charge in [0.15, 0.2) is 11.6 Å². The van der Waals surface area contributed by atoms with Crippen molar-refractivity contribution in [2.24, 2.45) is 0 Å². The van der Waals surface area contributed by atoms with Gasteiger partial charge in [-0.15, -0.1) is 0 Å². The molecule has 0 spiro atoms. The summed E-state index contributed by atoms with van der Waals surface area (Å²) >= 11 is 12.3. The number of ether oxygens (including phenoxy) is 1. The zero-order valence-electron chi connectivity index (χ0n) is 17.7. The highest BCUT2D eigenvalue weighted by atomic mass is 35.5. The van der Waals surface area contributed by atoms with Gasteiger partial charge >= 0.3 is 0 Å². The number of nitrogens with two attached hydrogens (primary N) is 1. The fraction of sp³-hybridized carbons (Fsp3) is 0.333. The molecule has 8 nitrogen and oxygen atoms in total. The number of pyridine rings is 1. The predicted octanol–water partition coefficient (Wildman–Crippen LogP) is 2.49. The van der Waals surface area contributed by atoms with Crippen molar-refractivity contribution in [1.82, 2.24) is 25.4 Å². The predicted molar refractivity (Wildman–Crippen MR) is 126 cm³/mol. The van der Waals surface area contributed by atoms with Gasteiger partial charge in [0.1, 0.15) is 19.8 Å². The van der Waals surface area contributed by atoms with E-state index in [1.165, 1.54) is 12.1 Å². The molecule has 33 heavy (non-hydrogen) atoms. The van der Waals surface area contributed by atoms with Gasteiger partial charge in [0.2, 0.25) is 0 Å². The van der Waals surface area contributed by atoms with E-state index in [1.807, 2.05) is 6.20 Å². The van der Waals surface area contributed by atoms with E-state index in [-0.39, 0.29) is 28.4 Å². The second kappa shape index (κ2) is 9.48. The smallest absolute Gasteiger partial charge is 0.166 e. The minimum Gasteiger partial charge on any atom is -0.482 e. The number of hydrogen-bond donors (Lipinski definition) is 4. The molecule has 12 heteroatoms. The lowest BCUT2D eigenvalue weighted by Gasteiger charge is -2.36. The number of rotatable bonds is 6. The quantitative estimate of drug-likeness (QED) is 0.310. The highest BCUT2D eigenvalue weighted by molar-refractivity contribution is 6.36. The summed E-state index contributed by atoms with van der Waals surface area (Å²) in [5.74, 6) is -0.101. The first-order valence-corrected chi connectivity index (χ1v) is 11.0. The van der Waals surface area contributed by atoms with Crippen LogP contribution in [0, 0.1) is 5.82 Å². The average molecular weight is 491 g/mol. The molecule has 3 unspecified atom stereocenters. The van der Waals surface area contributed by atoms with Gasteiger partial charge in [-0.05, 0) is 25.1 Å². The van der Waals surface area contributed by atoms with Crippen molar-refractivity contribution in [3.8, 4) is 16.9 Å². The summed E-state index contributed by atoms with van der Waals surface area (Å²) in [5, 5.41) is 20.4. The second-order valence-corrected chi connectivity index (χ2v) is 8.74. The minimum absolute atomic E-state index is 0.0478. The molecule has 1 aromatic carbocycles. The van der Waals surface area contributed by atoms with E-state index in [0.717, 1.165) is 11.1 Å². The van der Waals surface area contributed by atoms with E-state index in [9.17, 15) is 9.50 Å². The van der Waals surface area contributed by atoms with Crippen molar-refractivity contribution in [1.29, 1.82) is 0 Å². The standard InChI is InChI=1S/C21H22BCl2FN6O2/c1-11(18-15(23)2-3-16(25)19(18)24)33-17-4-12(5-27-20(17)26)13-6-30-31(8-13)9-14-7-29-21(22,32)10-28-14/h2-6,8,11,14,28-29,32H,7,9-10H2,1H3,(H2,26,27). The van der Waals surface area contributed by atoms with Crippen molar-refractivity contribution < 1.29 is 14.2 Å². The Kier molecular flexibility index (Phi) is 6.83. The molecule has 0 bridgehead atoms. The highest BCUT2D eigenvalue weighted by Gasteiger charge is 2.27. The van der Waals surface area contributed by atoms with Crippen LogP contribution in [-0.4, -0.2) is 52.5 Å². The van der Waals surface area contributed by atoms with Crippen LogP contribution in [0.25, 0.3) is 11.1 Å². The Morgan fingerprint density at radius 3 is 2.91 bits per heavy atom. The van der Waals surface area contributed by atoms with E-state index < -0.39 is 17.5 Å². The van der Waals surface area contributed by atoms with Crippen LogP contribution in [0.1, 0.15) is 18.6 Å². The normalized spacial score (nSPS) is 21.7. The maximum absolute atomic E-state index is 13.9. The number of nitrogen functional groups attached to an aromatic ring is 1. The first-order valence-electron chi connectivity index (χ1n) is 10.2. The van der Waals surface area contributed by atoms with Crippen LogP contribution in [0.4, 0.5) is 10.2 Å². The Morgan fingerprint density at radius 2 is 2.18 bits per heavy atom. The van der Waals surface area contributed by atoms with E-state index >= 15 is 0 Å². The summed E-state index contributed by atoms with van der Waals surface area (Å²) in [6, 6.07) is 4.40. The maximum atomic E-state index is 13.9. The molecule has 3 heterocycles. The largest absolute Gasteiger partial charge is 0.482 e.